The average Bonchev–Trinajstić information content (AvgIpc) is 3.19. The molecule has 0 fully saturated rings. The summed E-state index contributed by atoms with van der Waals surface area (Å²) in [6, 6.07) is 19.1. The molecule has 0 amide bonds. The lowest BCUT2D eigenvalue weighted by Gasteiger charge is -2.29. The zero-order valence-corrected chi connectivity index (χ0v) is 41.9. The molecule has 1 aliphatic carbocycles. The summed E-state index contributed by atoms with van der Waals surface area (Å²) in [4.78, 5) is 0. The molecule has 0 aromatic heterocycles. The zero-order valence-electron chi connectivity index (χ0n) is 41.9. The molecule has 344 valence electrons. The van der Waals surface area contributed by atoms with Crippen molar-refractivity contribution in [2.45, 2.75) is 156 Å². The first kappa shape index (κ1) is 50.0. The Morgan fingerprint density at radius 3 is 0.609 bits per heavy atom. The SMILES string of the molecule is C=CCCOc1c2cc(C(C)(C)C)cc1Cc1cc(C(C)(C)C)cc(c1OCCC=C)Cc1cc(C(C)(C)C)cc(c1OCCC=C)Cc1cc(C(C)(C)C)cc(c1OCCC=C)C2. The highest BCUT2D eigenvalue weighted by atomic mass is 16.5. The smallest absolute Gasteiger partial charge is 0.126 e. The minimum absolute atomic E-state index is 0.122. The highest BCUT2D eigenvalue weighted by Gasteiger charge is 2.29. The van der Waals surface area contributed by atoms with Crippen molar-refractivity contribution in [3.8, 4) is 23.0 Å². The van der Waals surface area contributed by atoms with Crippen LogP contribution < -0.4 is 18.9 Å². The Balaban J connectivity index is 2.02. The molecule has 0 N–H and O–H groups in total. The van der Waals surface area contributed by atoms with Gasteiger partial charge in [0, 0.05) is 25.7 Å². The molecular weight excluding hydrogens is 785 g/mol. The Labute approximate surface area is 388 Å². The van der Waals surface area contributed by atoms with E-state index in [2.05, 4.69) is 158 Å². The van der Waals surface area contributed by atoms with Gasteiger partial charge >= 0.3 is 0 Å². The second-order valence-electron chi connectivity index (χ2n) is 21.9. The summed E-state index contributed by atoms with van der Waals surface area (Å²) in [6.45, 7) is 46.0. The lowest BCUT2D eigenvalue weighted by Crippen LogP contribution is -2.18. The molecular formula is C60H80O4. The minimum atomic E-state index is -0.122. The van der Waals surface area contributed by atoms with E-state index in [1.807, 2.05) is 24.3 Å². The lowest BCUT2D eigenvalue weighted by molar-refractivity contribution is 0.311. The second kappa shape index (κ2) is 20.9. The van der Waals surface area contributed by atoms with E-state index in [1.54, 1.807) is 0 Å². The van der Waals surface area contributed by atoms with Gasteiger partial charge < -0.3 is 18.9 Å². The normalized spacial score (nSPS) is 13.2. The highest BCUT2D eigenvalue weighted by molar-refractivity contribution is 5.60. The Morgan fingerprint density at radius 2 is 0.484 bits per heavy atom. The van der Waals surface area contributed by atoms with Crippen LogP contribution in [-0.4, -0.2) is 26.4 Å². The van der Waals surface area contributed by atoms with Crippen molar-refractivity contribution >= 4 is 0 Å². The number of hydrogen-bond donors (Lipinski definition) is 0. The van der Waals surface area contributed by atoms with Crippen LogP contribution in [-0.2, 0) is 47.3 Å². The maximum absolute atomic E-state index is 6.98. The van der Waals surface area contributed by atoms with Crippen molar-refractivity contribution in [1.29, 1.82) is 0 Å². The molecule has 1 aliphatic rings. The molecule has 4 heteroatoms. The van der Waals surface area contributed by atoms with E-state index in [9.17, 15) is 0 Å². The van der Waals surface area contributed by atoms with E-state index in [0.29, 0.717) is 52.1 Å². The fraction of sp³-hybridized carbons (Fsp3) is 0.467. The molecule has 4 nitrogen and oxygen atoms in total. The summed E-state index contributed by atoms with van der Waals surface area (Å²) in [5.74, 6) is 3.72. The summed E-state index contributed by atoms with van der Waals surface area (Å²) < 4.78 is 27.9. The first-order valence-corrected chi connectivity index (χ1v) is 23.7. The van der Waals surface area contributed by atoms with Gasteiger partial charge in [-0.3, -0.25) is 0 Å². The zero-order chi connectivity index (χ0) is 47.0. The van der Waals surface area contributed by atoms with Crippen LogP contribution in [0.25, 0.3) is 0 Å². The maximum Gasteiger partial charge on any atom is 0.126 e. The van der Waals surface area contributed by atoms with E-state index >= 15 is 0 Å². The van der Waals surface area contributed by atoms with Gasteiger partial charge in [0.25, 0.3) is 0 Å². The first-order chi connectivity index (χ1) is 30.1. The monoisotopic (exact) mass is 865 g/mol. The topological polar surface area (TPSA) is 36.9 Å². The number of ether oxygens (including phenoxy) is 4. The minimum Gasteiger partial charge on any atom is -0.493 e. The van der Waals surface area contributed by atoms with Gasteiger partial charge in [-0.15, -0.1) is 26.3 Å². The summed E-state index contributed by atoms with van der Waals surface area (Å²) in [5.41, 5.74) is 13.8. The second-order valence-corrected chi connectivity index (χ2v) is 21.9. The van der Waals surface area contributed by atoms with E-state index in [4.69, 9.17) is 18.9 Å². The summed E-state index contributed by atoms with van der Waals surface area (Å²) in [5, 5.41) is 0. The molecule has 0 radical (unpaired) electrons. The predicted octanol–water partition coefficient (Wildman–Crippen LogP) is 15.4. The Morgan fingerprint density at radius 1 is 0.328 bits per heavy atom. The summed E-state index contributed by atoms with van der Waals surface area (Å²) in [6.07, 6.45) is 13.2. The van der Waals surface area contributed by atoms with Gasteiger partial charge in [0.15, 0.2) is 0 Å². The summed E-state index contributed by atoms with van der Waals surface area (Å²) >= 11 is 0. The molecule has 8 bridgehead atoms. The van der Waals surface area contributed by atoms with E-state index in [-0.39, 0.29) is 21.7 Å². The van der Waals surface area contributed by atoms with Crippen molar-refractivity contribution in [3.05, 3.63) is 166 Å². The largest absolute Gasteiger partial charge is 0.493 e. The fourth-order valence-corrected chi connectivity index (χ4v) is 8.34. The number of fused-ring (bicyclic) bond motifs is 8. The third-order valence-corrected chi connectivity index (χ3v) is 12.2. The van der Waals surface area contributed by atoms with Gasteiger partial charge in [-0.05, 0) is 114 Å². The number of rotatable bonds is 16. The van der Waals surface area contributed by atoms with E-state index in [0.717, 1.165) is 93.2 Å². The van der Waals surface area contributed by atoms with Crippen molar-refractivity contribution in [2.24, 2.45) is 0 Å². The van der Waals surface area contributed by atoms with Crippen molar-refractivity contribution in [1.82, 2.24) is 0 Å². The molecule has 5 rings (SSSR count). The van der Waals surface area contributed by atoms with Gasteiger partial charge in [0.1, 0.15) is 23.0 Å². The van der Waals surface area contributed by atoms with Crippen LogP contribution in [0.2, 0.25) is 0 Å². The first-order valence-electron chi connectivity index (χ1n) is 23.7. The quantitative estimate of drug-likeness (QED) is 0.0731. The van der Waals surface area contributed by atoms with Gasteiger partial charge in [0.05, 0.1) is 26.4 Å². The van der Waals surface area contributed by atoms with Crippen LogP contribution in [0.1, 0.15) is 176 Å². The maximum atomic E-state index is 6.98. The third kappa shape index (κ3) is 12.6. The van der Waals surface area contributed by atoms with E-state index < -0.39 is 0 Å². The van der Waals surface area contributed by atoms with Gasteiger partial charge in [-0.25, -0.2) is 0 Å². The van der Waals surface area contributed by atoms with Gasteiger partial charge in [-0.2, -0.15) is 0 Å². The van der Waals surface area contributed by atoms with Crippen LogP contribution in [0.15, 0.2) is 99.2 Å². The molecule has 0 unspecified atom stereocenters. The Bertz CT molecular complexity index is 1870. The third-order valence-electron chi connectivity index (χ3n) is 12.2. The number of benzene rings is 4. The fourth-order valence-electron chi connectivity index (χ4n) is 8.34. The molecule has 4 aromatic carbocycles. The molecule has 0 saturated heterocycles. The molecule has 0 spiro atoms. The van der Waals surface area contributed by atoms with Crippen LogP contribution in [0.5, 0.6) is 23.0 Å². The van der Waals surface area contributed by atoms with Crippen molar-refractivity contribution in [3.63, 3.8) is 0 Å². The predicted molar refractivity (Wildman–Crippen MR) is 273 cm³/mol. The lowest BCUT2D eigenvalue weighted by atomic mass is 9.79. The van der Waals surface area contributed by atoms with Crippen LogP contribution in [0.4, 0.5) is 0 Å². The van der Waals surface area contributed by atoms with Crippen molar-refractivity contribution < 1.29 is 18.9 Å². The highest BCUT2D eigenvalue weighted by Crippen LogP contribution is 2.44. The molecule has 0 aliphatic heterocycles. The van der Waals surface area contributed by atoms with Gasteiger partial charge in [0.2, 0.25) is 0 Å². The van der Waals surface area contributed by atoms with Crippen LogP contribution in [0, 0.1) is 0 Å². The number of hydrogen-bond acceptors (Lipinski definition) is 4. The molecule has 0 saturated carbocycles. The Kier molecular flexibility index (Phi) is 16.3. The van der Waals surface area contributed by atoms with Crippen molar-refractivity contribution in [2.75, 3.05) is 26.4 Å². The van der Waals surface area contributed by atoms with Crippen LogP contribution >= 0.6 is 0 Å². The molecule has 0 atom stereocenters. The van der Waals surface area contributed by atoms with Crippen LogP contribution in [0.3, 0.4) is 0 Å². The standard InChI is InChI=1S/C60H80O4/c1-17-21-25-61-53-41-29-43-35-50(58(8,9)10)37-45(54(43)62-26-22-18-2)31-47-39-52(60(14,15)16)40-48(56(47)64-28-24-20-4)32-46-38-51(59(11,12)13)36-44(55(46)63-27-23-19-3)30-42(53)34-49(33-41)57(5,6)7/h17-20,33-40H,1-4,21-32H2,5-16H3. The molecule has 4 aromatic rings. The molecule has 64 heavy (non-hydrogen) atoms. The molecule has 0 heterocycles. The summed E-state index contributed by atoms with van der Waals surface area (Å²) in [7, 11) is 0. The van der Waals surface area contributed by atoms with Gasteiger partial charge in [-0.1, -0.05) is 156 Å². The Hall–Kier alpha value is -4.96. The average molecular weight is 865 g/mol. The van der Waals surface area contributed by atoms with E-state index in [1.165, 1.54) is 22.3 Å².